The molecule has 1 atom stereocenters. The Morgan fingerprint density at radius 2 is 1.72 bits per heavy atom. The lowest BCUT2D eigenvalue weighted by atomic mass is 9.97. The van der Waals surface area contributed by atoms with Crippen molar-refractivity contribution in [3.8, 4) is 5.75 Å². The average Bonchev–Trinajstić information content (AvgIpc) is 3.31. The quantitative estimate of drug-likeness (QED) is 0.235. The van der Waals surface area contributed by atoms with Crippen LogP contribution in [0.15, 0.2) is 54.9 Å². The first-order valence-electron chi connectivity index (χ1n) is 11.5. The minimum absolute atomic E-state index is 0.0336. The number of alkyl halides is 3. The van der Waals surface area contributed by atoms with Crippen LogP contribution in [-0.2, 0) is 10.9 Å². The number of carbonyl (C=O) groups is 3. The number of halogens is 4. The van der Waals surface area contributed by atoms with Crippen LogP contribution in [0.5, 0.6) is 5.75 Å². The van der Waals surface area contributed by atoms with E-state index in [2.05, 4.69) is 4.98 Å². The van der Waals surface area contributed by atoms with E-state index < -0.39 is 52.8 Å². The molecular weight excluding hydrogens is 526 g/mol. The number of carboxylic acid groups (broad SMARTS) is 1. The number of likely N-dealkylation sites (N-methyl/N-ethyl adjacent to an activating group) is 1. The molecule has 1 unspecified atom stereocenters. The Balaban J connectivity index is 1.87. The standard InChI is InChI=1S/C26H25F4N3O6/c1-25(2,3)39-24(37)32(4)14-18(21-31-11-12-33(21)23(35)36)15-5-8-17(9-6-15)38-22(34)16-7-10-20(27)19(13-16)26(28,29)30/h5-13,18H,14H2,1-4H3,(H,35,36). The fourth-order valence-electron chi connectivity index (χ4n) is 3.56. The summed E-state index contributed by atoms with van der Waals surface area (Å²) in [6.07, 6.45) is -4.41. The van der Waals surface area contributed by atoms with E-state index >= 15 is 0 Å². The zero-order chi connectivity index (χ0) is 29.1. The Kier molecular flexibility index (Phi) is 8.32. The van der Waals surface area contributed by atoms with Crippen LogP contribution >= 0.6 is 0 Å². The second-order valence-electron chi connectivity index (χ2n) is 9.50. The lowest BCUT2D eigenvalue weighted by molar-refractivity contribution is -0.140. The van der Waals surface area contributed by atoms with Gasteiger partial charge in [0.1, 0.15) is 23.0 Å². The van der Waals surface area contributed by atoms with Crippen molar-refractivity contribution in [3.63, 3.8) is 0 Å². The summed E-state index contributed by atoms with van der Waals surface area (Å²) < 4.78 is 63.9. The molecule has 0 spiro atoms. The zero-order valence-electron chi connectivity index (χ0n) is 21.3. The number of benzene rings is 2. The van der Waals surface area contributed by atoms with Crippen LogP contribution in [-0.4, -0.2) is 56.9 Å². The van der Waals surface area contributed by atoms with E-state index in [1.54, 1.807) is 20.8 Å². The summed E-state index contributed by atoms with van der Waals surface area (Å²) in [5.41, 5.74) is -2.39. The van der Waals surface area contributed by atoms with Crippen molar-refractivity contribution in [1.82, 2.24) is 14.5 Å². The summed E-state index contributed by atoms with van der Waals surface area (Å²) in [6.45, 7) is 5.06. The van der Waals surface area contributed by atoms with E-state index in [0.29, 0.717) is 17.7 Å². The Labute approximate surface area is 220 Å². The van der Waals surface area contributed by atoms with Gasteiger partial charge < -0.3 is 19.5 Å². The zero-order valence-corrected chi connectivity index (χ0v) is 21.3. The van der Waals surface area contributed by atoms with Gasteiger partial charge in [-0.3, -0.25) is 0 Å². The highest BCUT2D eigenvalue weighted by molar-refractivity contribution is 5.91. The van der Waals surface area contributed by atoms with Crippen molar-refractivity contribution >= 4 is 18.2 Å². The largest absolute Gasteiger partial charge is 0.464 e. The summed E-state index contributed by atoms with van der Waals surface area (Å²) in [6, 6.07) is 7.42. The van der Waals surface area contributed by atoms with Crippen molar-refractivity contribution in [2.24, 2.45) is 0 Å². The summed E-state index contributed by atoms with van der Waals surface area (Å²) in [4.78, 5) is 42.1. The van der Waals surface area contributed by atoms with Crippen LogP contribution < -0.4 is 4.74 Å². The highest BCUT2D eigenvalue weighted by atomic mass is 19.4. The number of nitrogens with zero attached hydrogens (tertiary/aromatic N) is 3. The summed E-state index contributed by atoms with van der Waals surface area (Å²) in [5.74, 6) is -3.36. The predicted molar refractivity (Wildman–Crippen MR) is 129 cm³/mol. The second-order valence-corrected chi connectivity index (χ2v) is 9.50. The van der Waals surface area contributed by atoms with Crippen molar-refractivity contribution < 1.29 is 46.5 Å². The predicted octanol–water partition coefficient (Wildman–Crippen LogP) is 5.79. The first kappa shape index (κ1) is 29.1. The molecular formula is C26H25F4N3O6. The van der Waals surface area contributed by atoms with Crippen molar-refractivity contribution in [2.45, 2.75) is 38.5 Å². The third-order valence-electron chi connectivity index (χ3n) is 5.35. The van der Waals surface area contributed by atoms with Crippen LogP contribution in [0.4, 0.5) is 27.2 Å². The van der Waals surface area contributed by atoms with Gasteiger partial charge in [-0.05, 0) is 56.7 Å². The molecule has 39 heavy (non-hydrogen) atoms. The number of imidazole rings is 1. The molecule has 1 aromatic heterocycles. The van der Waals surface area contributed by atoms with E-state index in [0.717, 1.165) is 10.6 Å². The molecule has 0 radical (unpaired) electrons. The Bertz CT molecular complexity index is 1360. The molecule has 0 aliphatic carbocycles. The first-order valence-corrected chi connectivity index (χ1v) is 11.5. The molecule has 9 nitrogen and oxygen atoms in total. The topological polar surface area (TPSA) is 111 Å². The smallest absolute Gasteiger partial charge is 0.419 e. The summed E-state index contributed by atoms with van der Waals surface area (Å²) in [7, 11) is 1.48. The number of rotatable bonds is 6. The van der Waals surface area contributed by atoms with Gasteiger partial charge in [0.2, 0.25) is 0 Å². The summed E-state index contributed by atoms with van der Waals surface area (Å²) >= 11 is 0. The SMILES string of the molecule is CN(CC(c1ccc(OC(=O)c2ccc(F)c(C(F)(F)F)c2)cc1)c1nccn1C(=O)O)C(=O)OC(C)(C)C. The third kappa shape index (κ3) is 7.33. The van der Waals surface area contributed by atoms with Gasteiger partial charge in [0, 0.05) is 26.0 Å². The fraction of sp³-hybridized carbons (Fsp3) is 0.308. The number of ether oxygens (including phenoxy) is 2. The van der Waals surface area contributed by atoms with Gasteiger partial charge in [-0.15, -0.1) is 0 Å². The maximum atomic E-state index is 13.5. The van der Waals surface area contributed by atoms with Crippen LogP contribution in [0.25, 0.3) is 0 Å². The van der Waals surface area contributed by atoms with Crippen LogP contribution in [0.3, 0.4) is 0 Å². The summed E-state index contributed by atoms with van der Waals surface area (Å²) in [5, 5.41) is 9.55. The van der Waals surface area contributed by atoms with Gasteiger partial charge in [-0.1, -0.05) is 12.1 Å². The highest BCUT2D eigenvalue weighted by Gasteiger charge is 2.35. The molecule has 3 rings (SSSR count). The Morgan fingerprint density at radius 3 is 2.28 bits per heavy atom. The van der Waals surface area contributed by atoms with Gasteiger partial charge in [-0.2, -0.15) is 13.2 Å². The van der Waals surface area contributed by atoms with E-state index in [1.807, 2.05) is 0 Å². The fourth-order valence-corrected chi connectivity index (χ4v) is 3.56. The molecule has 13 heteroatoms. The lowest BCUT2D eigenvalue weighted by Crippen LogP contribution is -2.37. The number of hydrogen-bond donors (Lipinski definition) is 1. The van der Waals surface area contributed by atoms with Crippen molar-refractivity contribution in [1.29, 1.82) is 0 Å². The Morgan fingerprint density at radius 1 is 1.08 bits per heavy atom. The van der Waals surface area contributed by atoms with Crippen LogP contribution in [0.2, 0.25) is 0 Å². The number of hydrogen-bond acceptors (Lipinski definition) is 6. The Hall–Kier alpha value is -4.42. The molecule has 1 amide bonds. The number of carbonyl (C=O) groups excluding carboxylic acids is 2. The molecule has 208 valence electrons. The number of esters is 1. The molecule has 2 aromatic carbocycles. The third-order valence-corrected chi connectivity index (χ3v) is 5.35. The number of amides is 1. The molecule has 0 bridgehead atoms. The van der Waals surface area contributed by atoms with E-state index in [1.165, 1.54) is 48.6 Å². The maximum Gasteiger partial charge on any atom is 0.419 e. The van der Waals surface area contributed by atoms with Gasteiger partial charge >= 0.3 is 24.3 Å². The van der Waals surface area contributed by atoms with Gasteiger partial charge in [0.25, 0.3) is 0 Å². The number of aromatic nitrogens is 2. The molecule has 0 aliphatic heterocycles. The average molecular weight is 551 g/mol. The monoisotopic (exact) mass is 551 g/mol. The highest BCUT2D eigenvalue weighted by Crippen LogP contribution is 2.32. The molecule has 0 saturated carbocycles. The molecule has 0 fully saturated rings. The van der Waals surface area contributed by atoms with E-state index in [-0.39, 0.29) is 18.1 Å². The van der Waals surface area contributed by atoms with Crippen molar-refractivity contribution in [2.75, 3.05) is 13.6 Å². The molecule has 1 N–H and O–H groups in total. The van der Waals surface area contributed by atoms with Crippen molar-refractivity contribution in [3.05, 3.63) is 83.2 Å². The minimum Gasteiger partial charge on any atom is -0.464 e. The van der Waals surface area contributed by atoms with E-state index in [4.69, 9.17) is 9.47 Å². The van der Waals surface area contributed by atoms with Crippen LogP contribution in [0.1, 0.15) is 54.0 Å². The minimum atomic E-state index is -4.99. The normalized spacial score (nSPS) is 12.5. The molecule has 3 aromatic rings. The van der Waals surface area contributed by atoms with Gasteiger partial charge in [-0.25, -0.2) is 28.3 Å². The lowest BCUT2D eigenvalue weighted by Gasteiger charge is -2.27. The van der Waals surface area contributed by atoms with Crippen LogP contribution in [0, 0.1) is 5.82 Å². The van der Waals surface area contributed by atoms with Gasteiger partial charge in [0.15, 0.2) is 0 Å². The first-order chi connectivity index (χ1) is 18.1. The maximum absolute atomic E-state index is 13.5. The van der Waals surface area contributed by atoms with Gasteiger partial charge in [0.05, 0.1) is 17.0 Å². The molecule has 0 saturated heterocycles. The molecule has 0 aliphatic rings. The molecule has 1 heterocycles. The second kappa shape index (κ2) is 11.1. The van der Waals surface area contributed by atoms with E-state index in [9.17, 15) is 37.1 Å².